The molecule has 1 aromatic heterocycles. The number of hydrogen-bond donors (Lipinski definition) is 0. The van der Waals surface area contributed by atoms with Crippen LogP contribution >= 0.6 is 0 Å². The highest BCUT2D eigenvalue weighted by Gasteiger charge is 2.19. The van der Waals surface area contributed by atoms with Gasteiger partial charge in [0.15, 0.2) is 12.2 Å². The summed E-state index contributed by atoms with van der Waals surface area (Å²) in [6.07, 6.45) is 0. The Balaban J connectivity index is 1.76. The largest absolute Gasteiger partial charge is 0.452 e. The highest BCUT2D eigenvalue weighted by Crippen LogP contribution is 2.17. The summed E-state index contributed by atoms with van der Waals surface area (Å²) in [7, 11) is 0. The topological polar surface area (TPSA) is 52.3 Å². The Hall–Kier alpha value is -2.76. The molecular formula is C15H9F2NO3. The van der Waals surface area contributed by atoms with Crippen LogP contribution in [0.15, 0.2) is 46.9 Å². The number of rotatable bonds is 3. The Kier molecular flexibility index (Phi) is 3.35. The molecule has 0 unspecified atom stereocenters. The maximum atomic E-state index is 13.4. The van der Waals surface area contributed by atoms with Crippen molar-refractivity contribution >= 4 is 17.1 Å². The van der Waals surface area contributed by atoms with Crippen molar-refractivity contribution in [1.82, 2.24) is 4.98 Å². The Bertz CT molecular complexity index is 760. The molecule has 0 atom stereocenters. The fraction of sp³-hybridized carbons (Fsp3) is 0.0667. The zero-order valence-corrected chi connectivity index (χ0v) is 10.7. The van der Waals surface area contributed by atoms with Crippen LogP contribution in [0.3, 0.4) is 0 Å². The summed E-state index contributed by atoms with van der Waals surface area (Å²) in [5.41, 5.74) is 0.426. The Morgan fingerprint density at radius 2 is 1.81 bits per heavy atom. The van der Waals surface area contributed by atoms with Crippen molar-refractivity contribution in [2.75, 3.05) is 0 Å². The number of benzene rings is 2. The molecule has 21 heavy (non-hydrogen) atoms. The van der Waals surface area contributed by atoms with Gasteiger partial charge in [0, 0.05) is 0 Å². The number of ether oxygens (including phenoxy) is 1. The first-order valence-electron chi connectivity index (χ1n) is 6.11. The van der Waals surface area contributed by atoms with Crippen LogP contribution in [0.5, 0.6) is 0 Å². The van der Waals surface area contributed by atoms with Gasteiger partial charge in [-0.2, -0.15) is 0 Å². The van der Waals surface area contributed by atoms with E-state index in [0.29, 0.717) is 11.1 Å². The van der Waals surface area contributed by atoms with Gasteiger partial charge in [-0.05, 0) is 24.3 Å². The van der Waals surface area contributed by atoms with Crippen LogP contribution in [0.25, 0.3) is 11.1 Å². The molecule has 0 fully saturated rings. The van der Waals surface area contributed by atoms with E-state index in [1.807, 2.05) is 0 Å². The molecule has 0 saturated heterocycles. The van der Waals surface area contributed by atoms with Crippen LogP contribution in [-0.4, -0.2) is 11.0 Å². The monoisotopic (exact) mass is 289 g/mol. The molecule has 1 heterocycles. The number of fused-ring (bicyclic) bond motifs is 1. The molecule has 0 aliphatic rings. The summed E-state index contributed by atoms with van der Waals surface area (Å²) in [5, 5.41) is 0. The summed E-state index contributed by atoms with van der Waals surface area (Å²) < 4.78 is 37.0. The predicted octanol–water partition coefficient (Wildman–Crippen LogP) is 3.46. The zero-order valence-electron chi connectivity index (χ0n) is 10.7. The van der Waals surface area contributed by atoms with E-state index in [4.69, 9.17) is 9.15 Å². The van der Waals surface area contributed by atoms with E-state index in [1.165, 1.54) is 6.07 Å². The van der Waals surface area contributed by atoms with E-state index >= 15 is 0 Å². The van der Waals surface area contributed by atoms with Gasteiger partial charge in [-0.1, -0.05) is 18.2 Å². The van der Waals surface area contributed by atoms with Crippen molar-refractivity contribution in [3.05, 3.63) is 65.6 Å². The number of carbonyl (C=O) groups is 1. The maximum absolute atomic E-state index is 13.4. The number of carbonyl (C=O) groups excluding carboxylic acids is 1. The Morgan fingerprint density at radius 3 is 2.52 bits per heavy atom. The lowest BCUT2D eigenvalue weighted by Crippen LogP contribution is -2.10. The summed E-state index contributed by atoms with van der Waals surface area (Å²) in [5.74, 6) is -2.90. The van der Waals surface area contributed by atoms with Crippen LogP contribution in [0.1, 0.15) is 16.2 Å². The lowest BCUT2D eigenvalue weighted by atomic mass is 10.2. The SMILES string of the molecule is O=C(OCc1nc2ccccc2o1)c1c(F)cccc1F. The van der Waals surface area contributed by atoms with Crippen LogP contribution in [0.4, 0.5) is 8.78 Å². The van der Waals surface area contributed by atoms with Crippen LogP contribution in [0, 0.1) is 11.6 Å². The molecule has 3 rings (SSSR count). The van der Waals surface area contributed by atoms with Crippen molar-refractivity contribution in [3.63, 3.8) is 0 Å². The number of hydrogen-bond acceptors (Lipinski definition) is 4. The first-order valence-corrected chi connectivity index (χ1v) is 6.11. The molecule has 0 aliphatic heterocycles. The molecule has 0 saturated carbocycles. The molecule has 0 bridgehead atoms. The Morgan fingerprint density at radius 1 is 1.10 bits per heavy atom. The summed E-state index contributed by atoms with van der Waals surface area (Å²) in [6.45, 7) is -0.304. The summed E-state index contributed by atoms with van der Waals surface area (Å²) in [4.78, 5) is 15.8. The lowest BCUT2D eigenvalue weighted by Gasteiger charge is -2.04. The standard InChI is InChI=1S/C15H9F2NO3/c16-9-4-3-5-10(17)14(9)15(19)20-8-13-18-11-6-1-2-7-12(11)21-13/h1-7H,8H2. The molecule has 4 nitrogen and oxygen atoms in total. The molecule has 0 radical (unpaired) electrons. The van der Waals surface area contributed by atoms with E-state index in [9.17, 15) is 13.6 Å². The van der Waals surface area contributed by atoms with Crippen molar-refractivity contribution in [2.24, 2.45) is 0 Å². The van der Waals surface area contributed by atoms with E-state index in [2.05, 4.69) is 4.98 Å². The average Bonchev–Trinajstić information content (AvgIpc) is 2.87. The molecule has 3 aromatic rings. The second kappa shape index (κ2) is 5.32. The average molecular weight is 289 g/mol. The summed E-state index contributed by atoms with van der Waals surface area (Å²) >= 11 is 0. The predicted molar refractivity (Wildman–Crippen MR) is 69.5 cm³/mol. The van der Waals surface area contributed by atoms with E-state index in [-0.39, 0.29) is 12.5 Å². The highest BCUT2D eigenvalue weighted by molar-refractivity contribution is 5.90. The van der Waals surface area contributed by atoms with Gasteiger partial charge in [0.2, 0.25) is 5.89 Å². The number of halogens is 2. The lowest BCUT2D eigenvalue weighted by molar-refractivity contribution is 0.0429. The van der Waals surface area contributed by atoms with Gasteiger partial charge < -0.3 is 9.15 Å². The van der Waals surface area contributed by atoms with E-state index in [0.717, 1.165) is 12.1 Å². The third-order valence-electron chi connectivity index (χ3n) is 2.83. The molecule has 0 N–H and O–H groups in total. The third-order valence-corrected chi connectivity index (χ3v) is 2.83. The van der Waals surface area contributed by atoms with Crippen molar-refractivity contribution in [3.8, 4) is 0 Å². The molecular weight excluding hydrogens is 280 g/mol. The van der Waals surface area contributed by atoms with Crippen LogP contribution < -0.4 is 0 Å². The summed E-state index contributed by atoms with van der Waals surface area (Å²) in [6, 6.07) is 10.2. The number of nitrogens with zero attached hydrogens (tertiary/aromatic N) is 1. The van der Waals surface area contributed by atoms with Gasteiger partial charge in [0.05, 0.1) is 0 Å². The minimum Gasteiger partial charge on any atom is -0.452 e. The Labute approximate surface area is 118 Å². The zero-order chi connectivity index (χ0) is 14.8. The minimum absolute atomic E-state index is 0.154. The van der Waals surface area contributed by atoms with E-state index in [1.54, 1.807) is 24.3 Å². The van der Waals surface area contributed by atoms with Gasteiger partial charge in [-0.25, -0.2) is 18.6 Å². The second-order valence-electron chi connectivity index (χ2n) is 4.25. The first-order chi connectivity index (χ1) is 10.1. The second-order valence-corrected chi connectivity index (χ2v) is 4.25. The molecule has 0 amide bonds. The maximum Gasteiger partial charge on any atom is 0.344 e. The number of aromatic nitrogens is 1. The van der Waals surface area contributed by atoms with Gasteiger partial charge in [0.1, 0.15) is 22.7 Å². The molecule has 0 spiro atoms. The van der Waals surface area contributed by atoms with Crippen LogP contribution in [0.2, 0.25) is 0 Å². The number of para-hydroxylation sites is 2. The van der Waals surface area contributed by atoms with Crippen molar-refractivity contribution in [2.45, 2.75) is 6.61 Å². The number of oxazole rings is 1. The van der Waals surface area contributed by atoms with E-state index < -0.39 is 23.2 Å². The molecule has 6 heteroatoms. The van der Waals surface area contributed by atoms with Gasteiger partial charge >= 0.3 is 5.97 Å². The van der Waals surface area contributed by atoms with Crippen LogP contribution in [-0.2, 0) is 11.3 Å². The fourth-order valence-corrected chi connectivity index (χ4v) is 1.87. The quantitative estimate of drug-likeness (QED) is 0.693. The minimum atomic E-state index is -1.10. The molecule has 106 valence electrons. The van der Waals surface area contributed by atoms with Gasteiger partial charge in [-0.15, -0.1) is 0 Å². The van der Waals surface area contributed by atoms with Crippen molar-refractivity contribution in [1.29, 1.82) is 0 Å². The highest BCUT2D eigenvalue weighted by atomic mass is 19.1. The van der Waals surface area contributed by atoms with Gasteiger partial charge in [0.25, 0.3) is 0 Å². The number of esters is 1. The molecule has 0 aliphatic carbocycles. The van der Waals surface area contributed by atoms with Gasteiger partial charge in [-0.3, -0.25) is 0 Å². The third kappa shape index (κ3) is 2.60. The fourth-order valence-electron chi connectivity index (χ4n) is 1.87. The smallest absolute Gasteiger partial charge is 0.344 e. The first kappa shape index (κ1) is 13.2. The van der Waals surface area contributed by atoms with Crippen molar-refractivity contribution < 1.29 is 22.7 Å². The molecule has 2 aromatic carbocycles. The normalized spacial score (nSPS) is 10.8.